The summed E-state index contributed by atoms with van der Waals surface area (Å²) >= 11 is 0. The third-order valence-electron chi connectivity index (χ3n) is 4.52. The first-order chi connectivity index (χ1) is 12.0. The number of nitrogens with zero attached hydrogens (tertiary/aromatic N) is 2. The fraction of sp³-hybridized carbons (Fsp3) is 0.389. The molecule has 2 N–H and O–H groups in total. The maximum atomic E-state index is 12.4. The maximum Gasteiger partial charge on any atom is 0.306 e. The Bertz CT molecular complexity index is 799. The smallest absolute Gasteiger partial charge is 0.306 e. The van der Waals surface area contributed by atoms with Crippen LogP contribution < -0.4 is 10.1 Å². The predicted octanol–water partition coefficient (Wildman–Crippen LogP) is 2.17. The van der Waals surface area contributed by atoms with E-state index in [-0.39, 0.29) is 17.9 Å². The standard InChI is InChI=1S/C18H21N3O4/c1-11-3-6-16(25-2)15(9-11)21-8-7-14(20-21)17(22)19-13-5-4-12(10-13)18(23)24/h3,6-9,12-13H,4-5,10H2,1-2H3,(H,19,22)(H,23,24)/t12-,13+/m1/s1. The number of hydrogen-bond acceptors (Lipinski definition) is 4. The summed E-state index contributed by atoms with van der Waals surface area (Å²) in [6.45, 7) is 1.97. The van der Waals surface area contributed by atoms with Gasteiger partial charge in [-0.05, 0) is 49.9 Å². The van der Waals surface area contributed by atoms with E-state index in [9.17, 15) is 9.59 Å². The summed E-state index contributed by atoms with van der Waals surface area (Å²) in [4.78, 5) is 23.4. The van der Waals surface area contributed by atoms with Crippen molar-refractivity contribution in [1.82, 2.24) is 15.1 Å². The Morgan fingerprint density at radius 1 is 1.32 bits per heavy atom. The molecule has 1 aliphatic rings. The summed E-state index contributed by atoms with van der Waals surface area (Å²) in [5, 5.41) is 16.3. The van der Waals surface area contributed by atoms with Gasteiger partial charge in [0, 0.05) is 12.2 Å². The zero-order valence-electron chi connectivity index (χ0n) is 14.2. The summed E-state index contributed by atoms with van der Waals surface area (Å²) in [5.74, 6) is -0.797. The number of carboxylic acid groups (broad SMARTS) is 1. The number of aryl methyl sites for hydroxylation is 1. The normalized spacial score (nSPS) is 19.6. The molecule has 0 spiro atoms. The van der Waals surface area contributed by atoms with Gasteiger partial charge in [0.25, 0.3) is 5.91 Å². The van der Waals surface area contributed by atoms with E-state index in [2.05, 4.69) is 10.4 Å². The van der Waals surface area contributed by atoms with Gasteiger partial charge in [-0.25, -0.2) is 4.68 Å². The number of carboxylic acids is 1. The Hall–Kier alpha value is -2.83. The number of nitrogens with one attached hydrogen (secondary N) is 1. The minimum Gasteiger partial charge on any atom is -0.494 e. The van der Waals surface area contributed by atoms with Crippen LogP contribution in [0.5, 0.6) is 5.75 Å². The molecule has 1 aromatic heterocycles. The molecule has 2 aromatic rings. The molecule has 3 rings (SSSR count). The molecule has 7 nitrogen and oxygen atoms in total. The van der Waals surface area contributed by atoms with Gasteiger partial charge in [0.1, 0.15) is 11.4 Å². The molecule has 1 amide bonds. The quantitative estimate of drug-likeness (QED) is 0.868. The SMILES string of the molecule is COc1ccc(C)cc1-n1ccc(C(=O)N[C@H]2CC[C@@H](C(=O)O)C2)n1. The maximum absolute atomic E-state index is 12.4. The topological polar surface area (TPSA) is 93.5 Å². The van der Waals surface area contributed by atoms with Gasteiger partial charge in [0.05, 0.1) is 13.0 Å². The van der Waals surface area contributed by atoms with Gasteiger partial charge in [0.15, 0.2) is 5.69 Å². The van der Waals surface area contributed by atoms with Crippen LogP contribution in [0.25, 0.3) is 5.69 Å². The lowest BCUT2D eigenvalue weighted by Gasteiger charge is -2.11. The highest BCUT2D eigenvalue weighted by Crippen LogP contribution is 2.26. The van der Waals surface area contributed by atoms with Crippen molar-refractivity contribution >= 4 is 11.9 Å². The largest absolute Gasteiger partial charge is 0.494 e. The molecule has 25 heavy (non-hydrogen) atoms. The van der Waals surface area contributed by atoms with E-state index in [1.165, 1.54) is 0 Å². The second-order valence-electron chi connectivity index (χ2n) is 6.34. The molecule has 1 fully saturated rings. The molecule has 0 unspecified atom stereocenters. The summed E-state index contributed by atoms with van der Waals surface area (Å²) in [5.41, 5.74) is 2.11. The fourth-order valence-electron chi connectivity index (χ4n) is 3.15. The van der Waals surface area contributed by atoms with Crippen LogP contribution in [0.4, 0.5) is 0 Å². The Balaban J connectivity index is 1.72. The van der Waals surface area contributed by atoms with Crippen LogP contribution in [-0.4, -0.2) is 39.9 Å². The minimum absolute atomic E-state index is 0.118. The first-order valence-electron chi connectivity index (χ1n) is 8.22. The number of rotatable bonds is 5. The number of aromatic nitrogens is 2. The number of carbonyl (C=O) groups excluding carboxylic acids is 1. The number of aliphatic carboxylic acids is 1. The minimum atomic E-state index is -0.799. The van der Waals surface area contributed by atoms with Crippen molar-refractivity contribution < 1.29 is 19.4 Å². The van der Waals surface area contributed by atoms with Crippen LogP contribution in [0.2, 0.25) is 0 Å². The zero-order valence-corrected chi connectivity index (χ0v) is 14.2. The third-order valence-corrected chi connectivity index (χ3v) is 4.52. The molecule has 132 valence electrons. The molecule has 1 aliphatic carbocycles. The van der Waals surface area contributed by atoms with E-state index in [1.807, 2.05) is 25.1 Å². The van der Waals surface area contributed by atoms with Crippen LogP contribution in [0, 0.1) is 12.8 Å². The van der Waals surface area contributed by atoms with Gasteiger partial charge >= 0.3 is 5.97 Å². The van der Waals surface area contributed by atoms with Crippen LogP contribution >= 0.6 is 0 Å². The number of hydrogen-bond donors (Lipinski definition) is 2. The van der Waals surface area contributed by atoms with E-state index in [0.29, 0.717) is 30.7 Å². The molecule has 0 bridgehead atoms. The van der Waals surface area contributed by atoms with Gasteiger partial charge in [-0.15, -0.1) is 0 Å². The average molecular weight is 343 g/mol. The van der Waals surface area contributed by atoms with Gasteiger partial charge < -0.3 is 15.2 Å². The molecule has 1 heterocycles. The molecule has 1 aromatic carbocycles. The first kappa shape index (κ1) is 17.0. The van der Waals surface area contributed by atoms with Gasteiger partial charge in [-0.2, -0.15) is 5.10 Å². The highest BCUT2D eigenvalue weighted by Gasteiger charge is 2.31. The molecule has 1 saturated carbocycles. The average Bonchev–Trinajstić information content (AvgIpc) is 3.24. The van der Waals surface area contributed by atoms with E-state index < -0.39 is 5.97 Å². The van der Waals surface area contributed by atoms with E-state index in [1.54, 1.807) is 24.1 Å². The highest BCUT2D eigenvalue weighted by molar-refractivity contribution is 5.92. The van der Waals surface area contributed by atoms with Crippen LogP contribution in [0.1, 0.15) is 35.3 Å². The fourth-order valence-corrected chi connectivity index (χ4v) is 3.15. The van der Waals surface area contributed by atoms with Gasteiger partial charge in [-0.1, -0.05) is 6.07 Å². The lowest BCUT2D eigenvalue weighted by Crippen LogP contribution is -2.33. The predicted molar refractivity (Wildman–Crippen MR) is 91.1 cm³/mol. The Morgan fingerprint density at radius 2 is 2.12 bits per heavy atom. The van der Waals surface area contributed by atoms with E-state index in [0.717, 1.165) is 11.3 Å². The summed E-state index contributed by atoms with van der Waals surface area (Å²) in [6.07, 6.45) is 3.44. The Kier molecular flexibility index (Phi) is 4.74. The van der Waals surface area contributed by atoms with Crippen molar-refractivity contribution in [3.05, 3.63) is 41.7 Å². The summed E-state index contributed by atoms with van der Waals surface area (Å²) in [6, 6.07) is 7.25. The van der Waals surface area contributed by atoms with Crippen molar-refractivity contribution in [2.75, 3.05) is 7.11 Å². The number of ether oxygens (including phenoxy) is 1. The molecule has 2 atom stereocenters. The summed E-state index contributed by atoms with van der Waals surface area (Å²) < 4.78 is 6.96. The second-order valence-corrected chi connectivity index (χ2v) is 6.34. The lowest BCUT2D eigenvalue weighted by atomic mass is 10.1. The second kappa shape index (κ2) is 6.96. The molecular weight excluding hydrogens is 322 g/mol. The molecule has 0 aliphatic heterocycles. The lowest BCUT2D eigenvalue weighted by molar-refractivity contribution is -0.141. The zero-order chi connectivity index (χ0) is 18.0. The van der Waals surface area contributed by atoms with Crippen LogP contribution in [0.15, 0.2) is 30.5 Å². The number of amides is 1. The summed E-state index contributed by atoms with van der Waals surface area (Å²) in [7, 11) is 1.59. The molecule has 7 heteroatoms. The highest BCUT2D eigenvalue weighted by atomic mass is 16.5. The molecular formula is C18H21N3O4. The van der Waals surface area contributed by atoms with E-state index in [4.69, 9.17) is 9.84 Å². The molecule has 0 radical (unpaired) electrons. The number of benzene rings is 1. The van der Waals surface area contributed by atoms with Crippen LogP contribution in [0.3, 0.4) is 0 Å². The Labute approximate surface area is 145 Å². The van der Waals surface area contributed by atoms with Crippen molar-refractivity contribution in [2.24, 2.45) is 5.92 Å². The van der Waals surface area contributed by atoms with E-state index >= 15 is 0 Å². The van der Waals surface area contributed by atoms with Crippen molar-refractivity contribution in [1.29, 1.82) is 0 Å². The Morgan fingerprint density at radius 3 is 2.80 bits per heavy atom. The van der Waals surface area contributed by atoms with Crippen LogP contribution in [-0.2, 0) is 4.79 Å². The number of methoxy groups -OCH3 is 1. The molecule has 0 saturated heterocycles. The van der Waals surface area contributed by atoms with Gasteiger partial charge in [0.2, 0.25) is 0 Å². The third kappa shape index (κ3) is 3.65. The van der Waals surface area contributed by atoms with Crippen molar-refractivity contribution in [3.63, 3.8) is 0 Å². The van der Waals surface area contributed by atoms with Gasteiger partial charge in [-0.3, -0.25) is 9.59 Å². The van der Waals surface area contributed by atoms with Crippen molar-refractivity contribution in [2.45, 2.75) is 32.2 Å². The first-order valence-corrected chi connectivity index (χ1v) is 8.22. The van der Waals surface area contributed by atoms with Crippen molar-refractivity contribution in [3.8, 4) is 11.4 Å². The monoisotopic (exact) mass is 343 g/mol. The number of carbonyl (C=O) groups is 2.